The van der Waals surface area contributed by atoms with E-state index in [1.807, 2.05) is 10.8 Å². The first-order valence-corrected chi connectivity index (χ1v) is 8.41. The Kier molecular flexibility index (Phi) is 6.85. The van der Waals surface area contributed by atoms with Crippen LogP contribution in [0.1, 0.15) is 27.2 Å². The van der Waals surface area contributed by atoms with Crippen LogP contribution < -0.4 is 10.6 Å². The van der Waals surface area contributed by atoms with Crippen LogP contribution in [0.5, 0.6) is 0 Å². The number of urea groups is 1. The number of morpholine rings is 1. The molecule has 2 heterocycles. The summed E-state index contributed by atoms with van der Waals surface area (Å²) >= 11 is 0. The lowest BCUT2D eigenvalue weighted by molar-refractivity contribution is -0.0778. The van der Waals surface area contributed by atoms with Crippen molar-refractivity contribution in [3.8, 4) is 0 Å². The monoisotopic (exact) mass is 323 g/mol. The van der Waals surface area contributed by atoms with Gasteiger partial charge in [-0.05, 0) is 27.2 Å². The second kappa shape index (κ2) is 8.88. The van der Waals surface area contributed by atoms with Crippen LogP contribution in [-0.4, -0.2) is 64.9 Å². The summed E-state index contributed by atoms with van der Waals surface area (Å²) in [5, 5.41) is 5.85. The van der Waals surface area contributed by atoms with E-state index in [1.165, 1.54) is 0 Å². The van der Waals surface area contributed by atoms with E-state index in [0.717, 1.165) is 26.1 Å². The van der Waals surface area contributed by atoms with Gasteiger partial charge in [0.05, 0.1) is 18.5 Å². The number of nitrogens with zero attached hydrogens (tertiary/aromatic N) is 3. The van der Waals surface area contributed by atoms with E-state index in [-0.39, 0.29) is 18.2 Å². The molecule has 0 aliphatic carbocycles. The van der Waals surface area contributed by atoms with Gasteiger partial charge < -0.3 is 19.9 Å². The number of ether oxygens (including phenoxy) is 1. The van der Waals surface area contributed by atoms with Gasteiger partial charge in [0, 0.05) is 51.2 Å². The Bertz CT molecular complexity index is 455. The maximum Gasteiger partial charge on any atom is 0.314 e. The van der Waals surface area contributed by atoms with E-state index in [0.29, 0.717) is 19.1 Å². The first-order valence-electron chi connectivity index (χ1n) is 8.41. The van der Waals surface area contributed by atoms with Gasteiger partial charge in [-0.2, -0.15) is 0 Å². The third-order valence-corrected chi connectivity index (χ3v) is 4.07. The van der Waals surface area contributed by atoms with Gasteiger partial charge >= 0.3 is 6.03 Å². The molecule has 2 rings (SSSR count). The molecule has 2 N–H and O–H groups in total. The summed E-state index contributed by atoms with van der Waals surface area (Å²) < 4.78 is 7.74. The molecule has 1 aromatic rings. The van der Waals surface area contributed by atoms with Crippen LogP contribution >= 0.6 is 0 Å². The Morgan fingerprint density at radius 1 is 1.35 bits per heavy atom. The Labute approximate surface area is 138 Å². The van der Waals surface area contributed by atoms with Crippen LogP contribution in [-0.2, 0) is 11.3 Å². The number of amides is 2. The predicted octanol–water partition coefficient (Wildman–Crippen LogP) is 1.07. The number of aryl methyl sites for hydroxylation is 1. The van der Waals surface area contributed by atoms with Crippen LogP contribution in [0.15, 0.2) is 18.7 Å². The summed E-state index contributed by atoms with van der Waals surface area (Å²) in [5.74, 6) is 0. The minimum absolute atomic E-state index is 0.100. The lowest BCUT2D eigenvalue weighted by Gasteiger charge is -2.38. The molecule has 0 bridgehead atoms. The number of imidazole rings is 1. The Morgan fingerprint density at radius 3 is 2.74 bits per heavy atom. The van der Waals surface area contributed by atoms with E-state index in [2.05, 4.69) is 41.3 Å². The summed E-state index contributed by atoms with van der Waals surface area (Å²) in [5.41, 5.74) is 0. The molecule has 7 heteroatoms. The SMILES string of the molecule is C[C@@H]1CN([C@@H](C)CNC(=O)NCCCn2ccnc2)C[C@H](C)O1. The van der Waals surface area contributed by atoms with Crippen LogP contribution in [0, 0.1) is 0 Å². The average molecular weight is 323 g/mol. The molecule has 3 atom stereocenters. The molecule has 7 nitrogen and oxygen atoms in total. The molecule has 130 valence electrons. The van der Waals surface area contributed by atoms with Crippen LogP contribution in [0.25, 0.3) is 0 Å². The molecule has 1 saturated heterocycles. The van der Waals surface area contributed by atoms with Gasteiger partial charge in [-0.25, -0.2) is 9.78 Å². The first kappa shape index (κ1) is 17.7. The van der Waals surface area contributed by atoms with E-state index in [4.69, 9.17) is 4.74 Å². The second-order valence-corrected chi connectivity index (χ2v) is 6.35. The zero-order chi connectivity index (χ0) is 16.7. The van der Waals surface area contributed by atoms with Crippen molar-refractivity contribution in [2.75, 3.05) is 26.2 Å². The van der Waals surface area contributed by atoms with E-state index >= 15 is 0 Å². The van der Waals surface area contributed by atoms with Gasteiger partial charge in [0.2, 0.25) is 0 Å². The third kappa shape index (κ3) is 6.19. The summed E-state index contributed by atoms with van der Waals surface area (Å²) in [6, 6.07) is 0.206. The van der Waals surface area contributed by atoms with E-state index < -0.39 is 0 Å². The molecule has 23 heavy (non-hydrogen) atoms. The molecule has 0 aromatic carbocycles. The largest absolute Gasteiger partial charge is 0.373 e. The summed E-state index contributed by atoms with van der Waals surface area (Å²) in [7, 11) is 0. The summed E-state index contributed by atoms with van der Waals surface area (Å²) in [6.07, 6.45) is 6.85. The molecule has 0 spiro atoms. The van der Waals surface area contributed by atoms with Gasteiger partial charge in [-0.3, -0.25) is 4.90 Å². The highest BCUT2D eigenvalue weighted by molar-refractivity contribution is 5.73. The number of aromatic nitrogens is 2. The lowest BCUT2D eigenvalue weighted by Crippen LogP contribution is -2.53. The molecular formula is C16H29N5O2. The predicted molar refractivity (Wildman–Crippen MR) is 89.3 cm³/mol. The Balaban J connectivity index is 1.58. The topological polar surface area (TPSA) is 71.4 Å². The smallest absolute Gasteiger partial charge is 0.314 e. The molecule has 1 aliphatic heterocycles. The molecule has 1 fully saturated rings. The first-order chi connectivity index (χ1) is 11.0. The zero-order valence-corrected chi connectivity index (χ0v) is 14.4. The summed E-state index contributed by atoms with van der Waals surface area (Å²) in [4.78, 5) is 18.2. The van der Waals surface area contributed by atoms with Crippen molar-refractivity contribution in [2.45, 2.75) is 52.0 Å². The normalized spacial score (nSPS) is 23.4. The molecule has 0 saturated carbocycles. The van der Waals surface area contributed by atoms with Crippen molar-refractivity contribution in [1.82, 2.24) is 25.1 Å². The minimum atomic E-state index is -0.100. The molecule has 1 aliphatic rings. The van der Waals surface area contributed by atoms with Crippen LogP contribution in [0.3, 0.4) is 0 Å². The third-order valence-electron chi connectivity index (χ3n) is 4.07. The Hall–Kier alpha value is -1.60. The molecule has 1 aromatic heterocycles. The zero-order valence-electron chi connectivity index (χ0n) is 14.4. The Morgan fingerprint density at radius 2 is 2.09 bits per heavy atom. The van der Waals surface area contributed by atoms with E-state index in [9.17, 15) is 4.79 Å². The van der Waals surface area contributed by atoms with Gasteiger partial charge in [-0.15, -0.1) is 0 Å². The highest BCUT2D eigenvalue weighted by atomic mass is 16.5. The fourth-order valence-corrected chi connectivity index (χ4v) is 2.89. The van der Waals surface area contributed by atoms with Gasteiger partial charge in [0.25, 0.3) is 0 Å². The van der Waals surface area contributed by atoms with Gasteiger partial charge in [0.1, 0.15) is 0 Å². The van der Waals surface area contributed by atoms with Gasteiger partial charge in [-0.1, -0.05) is 0 Å². The number of carbonyl (C=O) groups is 1. The number of hydrogen-bond donors (Lipinski definition) is 2. The quantitative estimate of drug-likeness (QED) is 0.736. The fraction of sp³-hybridized carbons (Fsp3) is 0.750. The van der Waals surface area contributed by atoms with Crippen molar-refractivity contribution in [1.29, 1.82) is 0 Å². The van der Waals surface area contributed by atoms with Crippen LogP contribution in [0.2, 0.25) is 0 Å². The molecular weight excluding hydrogens is 294 g/mol. The number of hydrogen-bond acceptors (Lipinski definition) is 4. The van der Waals surface area contributed by atoms with Crippen molar-refractivity contribution in [2.24, 2.45) is 0 Å². The fourth-order valence-electron chi connectivity index (χ4n) is 2.89. The molecule has 2 amide bonds. The van der Waals surface area contributed by atoms with Crippen molar-refractivity contribution in [3.05, 3.63) is 18.7 Å². The van der Waals surface area contributed by atoms with Crippen molar-refractivity contribution in [3.63, 3.8) is 0 Å². The number of nitrogens with one attached hydrogen (secondary N) is 2. The average Bonchev–Trinajstić information content (AvgIpc) is 3.01. The lowest BCUT2D eigenvalue weighted by atomic mass is 10.2. The molecule has 0 radical (unpaired) electrons. The highest BCUT2D eigenvalue weighted by Gasteiger charge is 2.25. The van der Waals surface area contributed by atoms with Gasteiger partial charge in [0.15, 0.2) is 0 Å². The number of rotatable bonds is 7. The van der Waals surface area contributed by atoms with Crippen molar-refractivity contribution >= 4 is 6.03 Å². The number of carbonyl (C=O) groups excluding carboxylic acids is 1. The minimum Gasteiger partial charge on any atom is -0.373 e. The van der Waals surface area contributed by atoms with Crippen LogP contribution in [0.4, 0.5) is 4.79 Å². The van der Waals surface area contributed by atoms with E-state index in [1.54, 1.807) is 12.5 Å². The standard InChI is InChI=1S/C16H29N5O2/c1-13(21-10-14(2)23-15(3)11-21)9-19-16(22)18-5-4-7-20-8-6-17-12-20/h6,8,12-15H,4-5,7,9-11H2,1-3H3,(H2,18,19,22)/t13-,14-,15+/m0/s1. The maximum absolute atomic E-state index is 11.8. The highest BCUT2D eigenvalue weighted by Crippen LogP contribution is 2.13. The summed E-state index contributed by atoms with van der Waals surface area (Å²) in [6.45, 7) is 10.3. The van der Waals surface area contributed by atoms with Crippen molar-refractivity contribution < 1.29 is 9.53 Å². The molecule has 0 unspecified atom stereocenters. The second-order valence-electron chi connectivity index (χ2n) is 6.35. The maximum atomic E-state index is 11.8.